The van der Waals surface area contributed by atoms with Crippen LogP contribution >= 0.6 is 11.6 Å². The second kappa shape index (κ2) is 9.24. The first-order chi connectivity index (χ1) is 12.4. The largest absolute Gasteiger partial charge is 0.357 e. The van der Waals surface area contributed by atoms with E-state index in [9.17, 15) is 9.18 Å². The number of nitrogens with zero attached hydrogens (tertiary/aromatic N) is 3. The molecule has 26 heavy (non-hydrogen) atoms. The standard InChI is InChI=1S/C18H23ClFN5O/c1-4-21-18(25(3)12-16-8-13(19)11-24(16)2)22-10-17(26)23-15-7-5-6-14(20)9-15/h5-9,11H,4,10,12H2,1-3H3,(H,21,22)(H,23,26). The highest BCUT2D eigenvalue weighted by molar-refractivity contribution is 6.30. The molecule has 0 saturated heterocycles. The molecule has 140 valence electrons. The average Bonchev–Trinajstić information content (AvgIpc) is 2.88. The highest BCUT2D eigenvalue weighted by Crippen LogP contribution is 2.14. The molecular formula is C18H23ClFN5O. The number of anilines is 1. The third-order valence-corrected chi connectivity index (χ3v) is 3.86. The summed E-state index contributed by atoms with van der Waals surface area (Å²) in [6.45, 7) is 3.13. The smallest absolute Gasteiger partial charge is 0.246 e. The summed E-state index contributed by atoms with van der Waals surface area (Å²) in [6, 6.07) is 7.64. The molecule has 0 unspecified atom stereocenters. The minimum atomic E-state index is -0.402. The van der Waals surface area contributed by atoms with Crippen molar-refractivity contribution in [2.24, 2.45) is 12.0 Å². The van der Waals surface area contributed by atoms with Crippen molar-refractivity contribution in [1.82, 2.24) is 14.8 Å². The van der Waals surface area contributed by atoms with Crippen LogP contribution in [0, 0.1) is 5.82 Å². The number of carbonyl (C=O) groups excluding carboxylic acids is 1. The second-order valence-electron chi connectivity index (χ2n) is 5.85. The van der Waals surface area contributed by atoms with E-state index in [0.717, 1.165) is 5.69 Å². The molecule has 2 N–H and O–H groups in total. The predicted molar refractivity (Wildman–Crippen MR) is 103 cm³/mol. The summed E-state index contributed by atoms with van der Waals surface area (Å²) in [4.78, 5) is 18.3. The van der Waals surface area contributed by atoms with Gasteiger partial charge in [-0.05, 0) is 31.2 Å². The fraction of sp³-hybridized carbons (Fsp3) is 0.333. The predicted octanol–water partition coefficient (Wildman–Crippen LogP) is 2.85. The van der Waals surface area contributed by atoms with Gasteiger partial charge in [-0.2, -0.15) is 0 Å². The number of aryl methyl sites for hydroxylation is 1. The Kier molecular flexibility index (Phi) is 7.03. The van der Waals surface area contributed by atoms with Gasteiger partial charge < -0.3 is 20.1 Å². The van der Waals surface area contributed by atoms with E-state index in [1.165, 1.54) is 18.2 Å². The fourth-order valence-electron chi connectivity index (χ4n) is 2.42. The first-order valence-corrected chi connectivity index (χ1v) is 8.62. The van der Waals surface area contributed by atoms with Crippen molar-refractivity contribution in [2.45, 2.75) is 13.5 Å². The molecule has 1 aromatic heterocycles. The van der Waals surface area contributed by atoms with Crippen molar-refractivity contribution in [3.63, 3.8) is 0 Å². The Bertz CT molecular complexity index is 790. The molecule has 6 nitrogen and oxygen atoms in total. The number of hydrogen-bond donors (Lipinski definition) is 2. The van der Waals surface area contributed by atoms with E-state index in [4.69, 9.17) is 11.6 Å². The molecule has 2 aromatic rings. The number of aliphatic imine (C=N–C) groups is 1. The van der Waals surface area contributed by atoms with E-state index >= 15 is 0 Å². The third kappa shape index (κ3) is 5.77. The molecule has 0 aliphatic carbocycles. The van der Waals surface area contributed by atoms with Gasteiger partial charge >= 0.3 is 0 Å². The maximum absolute atomic E-state index is 13.2. The van der Waals surface area contributed by atoms with E-state index in [1.807, 2.05) is 42.7 Å². The van der Waals surface area contributed by atoms with Gasteiger partial charge in [-0.3, -0.25) is 4.79 Å². The number of rotatable bonds is 6. The highest BCUT2D eigenvalue weighted by atomic mass is 35.5. The van der Waals surface area contributed by atoms with Gasteiger partial charge in [0.05, 0.1) is 11.6 Å². The minimum absolute atomic E-state index is 0.0723. The van der Waals surface area contributed by atoms with E-state index in [2.05, 4.69) is 15.6 Å². The number of benzene rings is 1. The first kappa shape index (κ1) is 19.8. The molecule has 0 saturated carbocycles. The Hall–Kier alpha value is -2.54. The average molecular weight is 380 g/mol. The van der Waals surface area contributed by atoms with Crippen LogP contribution in [0.25, 0.3) is 0 Å². The van der Waals surface area contributed by atoms with E-state index < -0.39 is 5.82 Å². The molecule has 2 rings (SSSR count). The highest BCUT2D eigenvalue weighted by Gasteiger charge is 2.11. The second-order valence-corrected chi connectivity index (χ2v) is 6.28. The van der Waals surface area contributed by atoms with Crippen molar-refractivity contribution in [3.05, 3.63) is 53.1 Å². The van der Waals surface area contributed by atoms with Gasteiger partial charge in [0.25, 0.3) is 0 Å². The van der Waals surface area contributed by atoms with Gasteiger partial charge in [0.1, 0.15) is 12.4 Å². The Labute approximate surface area is 157 Å². The summed E-state index contributed by atoms with van der Waals surface area (Å²) in [6.07, 6.45) is 1.83. The molecule has 0 spiro atoms. The summed E-state index contributed by atoms with van der Waals surface area (Å²) < 4.78 is 15.1. The molecule has 0 bridgehead atoms. The van der Waals surface area contributed by atoms with Gasteiger partial charge in [0.15, 0.2) is 5.96 Å². The van der Waals surface area contributed by atoms with Gasteiger partial charge in [-0.1, -0.05) is 17.7 Å². The lowest BCUT2D eigenvalue weighted by atomic mass is 10.3. The Balaban J connectivity index is 2.00. The van der Waals surface area contributed by atoms with Crippen molar-refractivity contribution in [3.8, 4) is 0 Å². The van der Waals surface area contributed by atoms with Crippen molar-refractivity contribution in [2.75, 3.05) is 25.5 Å². The summed E-state index contributed by atoms with van der Waals surface area (Å²) in [5, 5.41) is 6.45. The molecule has 1 heterocycles. The minimum Gasteiger partial charge on any atom is -0.357 e. The van der Waals surface area contributed by atoms with Crippen LogP contribution in [0.15, 0.2) is 41.5 Å². The van der Waals surface area contributed by atoms with Gasteiger partial charge in [-0.25, -0.2) is 9.38 Å². The van der Waals surface area contributed by atoms with Crippen LogP contribution in [0.5, 0.6) is 0 Å². The summed E-state index contributed by atoms with van der Waals surface area (Å²) in [5.74, 6) is -0.124. The lowest BCUT2D eigenvalue weighted by Gasteiger charge is -2.22. The molecule has 8 heteroatoms. The Morgan fingerprint density at radius 3 is 2.77 bits per heavy atom. The number of halogens is 2. The molecule has 1 amide bonds. The zero-order valence-corrected chi connectivity index (χ0v) is 15.8. The van der Waals surface area contributed by atoms with E-state index in [-0.39, 0.29) is 12.5 Å². The van der Waals surface area contributed by atoms with Gasteiger partial charge in [-0.15, -0.1) is 0 Å². The third-order valence-electron chi connectivity index (χ3n) is 3.65. The zero-order valence-electron chi connectivity index (χ0n) is 15.1. The van der Waals surface area contributed by atoms with E-state index in [1.54, 1.807) is 6.07 Å². The maximum atomic E-state index is 13.2. The normalized spacial score (nSPS) is 11.3. The SMILES string of the molecule is CCNC(=NCC(=O)Nc1cccc(F)c1)N(C)Cc1cc(Cl)cn1C. The molecule has 0 aliphatic heterocycles. The summed E-state index contributed by atoms with van der Waals surface area (Å²) in [5.41, 5.74) is 1.43. The van der Waals surface area contributed by atoms with Crippen LogP contribution < -0.4 is 10.6 Å². The topological polar surface area (TPSA) is 61.7 Å². The number of amides is 1. The van der Waals surface area contributed by atoms with Crippen LogP contribution in [0.3, 0.4) is 0 Å². The van der Waals surface area contributed by atoms with Crippen molar-refractivity contribution >= 4 is 29.2 Å². The van der Waals surface area contributed by atoms with Crippen LogP contribution in [-0.4, -0.2) is 41.5 Å². The van der Waals surface area contributed by atoms with Crippen LogP contribution in [0.1, 0.15) is 12.6 Å². The van der Waals surface area contributed by atoms with E-state index in [0.29, 0.717) is 29.8 Å². The first-order valence-electron chi connectivity index (χ1n) is 8.24. The number of hydrogen-bond acceptors (Lipinski definition) is 2. The monoisotopic (exact) mass is 379 g/mol. The number of guanidine groups is 1. The Morgan fingerprint density at radius 2 is 2.15 bits per heavy atom. The zero-order chi connectivity index (χ0) is 19.1. The van der Waals surface area contributed by atoms with Gasteiger partial charge in [0, 0.05) is 38.2 Å². The molecule has 0 aliphatic rings. The summed E-state index contributed by atoms with van der Waals surface area (Å²) >= 11 is 6.02. The Morgan fingerprint density at radius 1 is 1.38 bits per heavy atom. The molecule has 0 atom stereocenters. The number of nitrogens with one attached hydrogen (secondary N) is 2. The van der Waals surface area contributed by atoms with Crippen LogP contribution in [0.2, 0.25) is 5.02 Å². The molecule has 0 radical (unpaired) electrons. The lowest BCUT2D eigenvalue weighted by molar-refractivity contribution is -0.114. The summed E-state index contributed by atoms with van der Waals surface area (Å²) in [7, 11) is 3.80. The number of aromatic nitrogens is 1. The fourth-order valence-corrected chi connectivity index (χ4v) is 2.70. The lowest BCUT2D eigenvalue weighted by Crippen LogP contribution is -2.39. The van der Waals surface area contributed by atoms with Crippen LogP contribution in [-0.2, 0) is 18.4 Å². The molecule has 0 fully saturated rings. The van der Waals surface area contributed by atoms with Crippen LogP contribution in [0.4, 0.5) is 10.1 Å². The van der Waals surface area contributed by atoms with Crippen molar-refractivity contribution < 1.29 is 9.18 Å². The van der Waals surface area contributed by atoms with Crippen molar-refractivity contribution in [1.29, 1.82) is 0 Å². The molecular weight excluding hydrogens is 357 g/mol. The quantitative estimate of drug-likeness (QED) is 0.599. The van der Waals surface area contributed by atoms with Gasteiger partial charge in [0.2, 0.25) is 5.91 Å². The maximum Gasteiger partial charge on any atom is 0.246 e. The molecule has 1 aromatic carbocycles. The number of carbonyl (C=O) groups is 1.